The van der Waals surface area contributed by atoms with Crippen LogP contribution in [0.1, 0.15) is 5.56 Å². The summed E-state index contributed by atoms with van der Waals surface area (Å²) in [6.07, 6.45) is 1.68. The van der Waals surface area contributed by atoms with Gasteiger partial charge in [-0.25, -0.2) is 4.79 Å². The number of ether oxygens (including phenoxy) is 1. The normalized spacial score (nSPS) is 10.9. The van der Waals surface area contributed by atoms with Crippen molar-refractivity contribution < 1.29 is 13.9 Å². The molecule has 0 spiro atoms. The first-order valence-electron chi connectivity index (χ1n) is 8.41. The van der Waals surface area contributed by atoms with Crippen molar-refractivity contribution in [3.63, 3.8) is 0 Å². The Bertz CT molecular complexity index is 1210. The molecular weight excluding hydrogens is 344 g/mol. The van der Waals surface area contributed by atoms with Crippen molar-refractivity contribution in [2.45, 2.75) is 6.92 Å². The largest absolute Gasteiger partial charge is 0.484 e. The number of rotatable bonds is 4. The fraction of sp³-hybridized carbons (Fsp3) is 0.0952. The van der Waals surface area contributed by atoms with Crippen molar-refractivity contribution in [1.29, 1.82) is 0 Å². The van der Waals surface area contributed by atoms with Crippen LogP contribution in [0.25, 0.3) is 21.9 Å². The van der Waals surface area contributed by atoms with Crippen LogP contribution in [0.15, 0.2) is 70.0 Å². The molecule has 2 aromatic heterocycles. The van der Waals surface area contributed by atoms with Gasteiger partial charge in [-0.05, 0) is 36.8 Å². The first-order chi connectivity index (χ1) is 13.1. The lowest BCUT2D eigenvalue weighted by molar-refractivity contribution is -0.118. The van der Waals surface area contributed by atoms with Crippen LogP contribution >= 0.6 is 0 Å². The maximum atomic E-state index is 12.3. The van der Waals surface area contributed by atoms with Crippen LogP contribution in [-0.4, -0.2) is 17.5 Å². The minimum Gasteiger partial charge on any atom is -0.484 e. The molecule has 0 fully saturated rings. The van der Waals surface area contributed by atoms with E-state index >= 15 is 0 Å². The maximum absolute atomic E-state index is 12.3. The second-order valence-electron chi connectivity index (χ2n) is 6.12. The summed E-state index contributed by atoms with van der Waals surface area (Å²) in [6, 6.07) is 15.9. The summed E-state index contributed by atoms with van der Waals surface area (Å²) < 4.78 is 10.7. The molecule has 27 heavy (non-hydrogen) atoms. The average molecular weight is 360 g/mol. The van der Waals surface area contributed by atoms with E-state index in [0.717, 1.165) is 21.9 Å². The third-order valence-corrected chi connectivity index (χ3v) is 4.20. The SMILES string of the molecule is Cc1cc(=O)oc2cc(OCC(=O)Nc3cccc4cccnc34)ccc12. The highest BCUT2D eigenvalue weighted by atomic mass is 16.5. The Morgan fingerprint density at radius 1 is 1.15 bits per heavy atom. The van der Waals surface area contributed by atoms with E-state index in [0.29, 0.717) is 17.0 Å². The van der Waals surface area contributed by atoms with Gasteiger partial charge in [-0.2, -0.15) is 0 Å². The molecule has 1 N–H and O–H groups in total. The van der Waals surface area contributed by atoms with Crippen molar-refractivity contribution >= 4 is 33.5 Å². The van der Waals surface area contributed by atoms with Crippen LogP contribution in [0.2, 0.25) is 0 Å². The second-order valence-corrected chi connectivity index (χ2v) is 6.12. The van der Waals surface area contributed by atoms with E-state index in [1.54, 1.807) is 30.5 Å². The summed E-state index contributed by atoms with van der Waals surface area (Å²) in [5.74, 6) is 0.140. The Morgan fingerprint density at radius 3 is 2.89 bits per heavy atom. The van der Waals surface area contributed by atoms with Gasteiger partial charge in [0.05, 0.1) is 11.2 Å². The van der Waals surface area contributed by atoms with Crippen LogP contribution in [0.5, 0.6) is 5.75 Å². The number of nitrogens with zero attached hydrogens (tertiary/aromatic N) is 1. The molecule has 0 bridgehead atoms. The van der Waals surface area contributed by atoms with Gasteiger partial charge < -0.3 is 14.5 Å². The summed E-state index contributed by atoms with van der Waals surface area (Å²) in [4.78, 5) is 28.1. The Labute approximate surface area is 154 Å². The van der Waals surface area contributed by atoms with Gasteiger partial charge >= 0.3 is 5.63 Å². The van der Waals surface area contributed by atoms with E-state index < -0.39 is 5.63 Å². The lowest BCUT2D eigenvalue weighted by Gasteiger charge is -2.10. The minimum absolute atomic E-state index is 0.176. The summed E-state index contributed by atoms with van der Waals surface area (Å²) >= 11 is 0. The quantitative estimate of drug-likeness (QED) is 0.562. The van der Waals surface area contributed by atoms with Crippen molar-refractivity contribution in [2.75, 3.05) is 11.9 Å². The Kier molecular flexibility index (Phi) is 4.30. The minimum atomic E-state index is -0.418. The number of hydrogen-bond donors (Lipinski definition) is 1. The van der Waals surface area contributed by atoms with Gasteiger partial charge in [0.25, 0.3) is 5.91 Å². The van der Waals surface area contributed by atoms with Crippen molar-refractivity contribution in [1.82, 2.24) is 4.98 Å². The predicted molar refractivity (Wildman–Crippen MR) is 103 cm³/mol. The Hall–Kier alpha value is -3.67. The molecule has 6 heteroatoms. The summed E-state index contributed by atoms with van der Waals surface area (Å²) in [5.41, 5.74) is 2.18. The van der Waals surface area contributed by atoms with Gasteiger partial charge in [-0.3, -0.25) is 9.78 Å². The van der Waals surface area contributed by atoms with E-state index in [1.807, 2.05) is 31.2 Å². The molecule has 0 unspecified atom stereocenters. The molecule has 0 saturated heterocycles. The number of carbonyl (C=O) groups excluding carboxylic acids is 1. The number of benzene rings is 2. The van der Waals surface area contributed by atoms with Gasteiger partial charge in [0.15, 0.2) is 6.61 Å². The standard InChI is InChI=1S/C21H16N2O4/c1-13-10-20(25)27-18-11-15(7-8-16(13)18)26-12-19(24)23-17-6-2-4-14-5-3-9-22-21(14)17/h2-11H,12H2,1H3,(H,23,24). The smallest absolute Gasteiger partial charge is 0.336 e. The van der Waals surface area contributed by atoms with Crippen molar-refractivity contribution in [2.24, 2.45) is 0 Å². The molecule has 134 valence electrons. The molecule has 0 aliphatic heterocycles. The van der Waals surface area contributed by atoms with Gasteiger partial charge in [0, 0.05) is 29.1 Å². The number of fused-ring (bicyclic) bond motifs is 2. The first-order valence-corrected chi connectivity index (χ1v) is 8.41. The number of nitrogens with one attached hydrogen (secondary N) is 1. The summed E-state index contributed by atoms with van der Waals surface area (Å²) in [5, 5.41) is 4.58. The third-order valence-electron chi connectivity index (χ3n) is 4.20. The highest BCUT2D eigenvalue weighted by molar-refractivity contribution is 6.00. The number of pyridine rings is 1. The number of amides is 1. The highest BCUT2D eigenvalue weighted by Gasteiger charge is 2.09. The zero-order chi connectivity index (χ0) is 18.8. The van der Waals surface area contributed by atoms with Crippen molar-refractivity contribution in [3.8, 4) is 5.75 Å². The Morgan fingerprint density at radius 2 is 2.00 bits per heavy atom. The molecule has 4 aromatic rings. The Balaban J connectivity index is 1.49. The van der Waals surface area contributed by atoms with E-state index in [4.69, 9.17) is 9.15 Å². The molecule has 0 radical (unpaired) electrons. The molecule has 0 aliphatic rings. The highest BCUT2D eigenvalue weighted by Crippen LogP contribution is 2.23. The monoisotopic (exact) mass is 360 g/mol. The number of aryl methyl sites for hydroxylation is 1. The van der Waals surface area contributed by atoms with Gasteiger partial charge in [0.2, 0.25) is 0 Å². The van der Waals surface area contributed by atoms with Crippen LogP contribution in [0, 0.1) is 6.92 Å². The van der Waals surface area contributed by atoms with Gasteiger partial charge in [-0.15, -0.1) is 0 Å². The molecule has 6 nitrogen and oxygen atoms in total. The lowest BCUT2D eigenvalue weighted by atomic mass is 10.1. The van der Waals surface area contributed by atoms with E-state index in [1.165, 1.54) is 6.07 Å². The molecule has 4 rings (SSSR count). The fourth-order valence-corrected chi connectivity index (χ4v) is 2.94. The zero-order valence-corrected chi connectivity index (χ0v) is 14.6. The van der Waals surface area contributed by atoms with E-state index in [-0.39, 0.29) is 12.5 Å². The van der Waals surface area contributed by atoms with Gasteiger partial charge in [-0.1, -0.05) is 18.2 Å². The average Bonchev–Trinajstić information content (AvgIpc) is 2.66. The zero-order valence-electron chi connectivity index (χ0n) is 14.6. The number of para-hydroxylation sites is 1. The molecule has 1 amide bonds. The molecular formula is C21H16N2O4. The molecule has 0 aliphatic carbocycles. The maximum Gasteiger partial charge on any atom is 0.336 e. The van der Waals surface area contributed by atoms with E-state index in [9.17, 15) is 9.59 Å². The first kappa shape index (κ1) is 16.8. The second kappa shape index (κ2) is 6.92. The van der Waals surface area contributed by atoms with Crippen molar-refractivity contribution in [3.05, 3.63) is 76.8 Å². The lowest BCUT2D eigenvalue weighted by Crippen LogP contribution is -2.20. The molecule has 0 atom stereocenters. The summed E-state index contributed by atoms with van der Waals surface area (Å²) in [6.45, 7) is 1.66. The third kappa shape index (κ3) is 3.50. The summed E-state index contributed by atoms with van der Waals surface area (Å²) in [7, 11) is 0. The molecule has 0 saturated carbocycles. The number of anilines is 1. The van der Waals surface area contributed by atoms with Gasteiger partial charge in [0.1, 0.15) is 11.3 Å². The van der Waals surface area contributed by atoms with E-state index in [2.05, 4.69) is 10.3 Å². The number of carbonyl (C=O) groups is 1. The van der Waals surface area contributed by atoms with Crippen LogP contribution < -0.4 is 15.7 Å². The topological polar surface area (TPSA) is 81.4 Å². The predicted octanol–water partition coefficient (Wildman–Crippen LogP) is 3.67. The molecule has 2 heterocycles. The number of hydrogen-bond acceptors (Lipinski definition) is 5. The number of aromatic nitrogens is 1. The fourth-order valence-electron chi connectivity index (χ4n) is 2.94. The van der Waals surface area contributed by atoms with Crippen LogP contribution in [0.4, 0.5) is 5.69 Å². The molecule has 2 aromatic carbocycles. The van der Waals surface area contributed by atoms with Crippen LogP contribution in [0.3, 0.4) is 0 Å². The van der Waals surface area contributed by atoms with Crippen LogP contribution in [-0.2, 0) is 4.79 Å².